The van der Waals surface area contributed by atoms with Crippen molar-refractivity contribution >= 4 is 79.7 Å². The molecule has 1 heterocycles. The third kappa shape index (κ3) is 7.56. The molecule has 214 valence electrons. The van der Waals surface area contributed by atoms with Gasteiger partial charge in [0.15, 0.2) is 0 Å². The summed E-state index contributed by atoms with van der Waals surface area (Å²) in [5.74, 6) is -1.12. The second kappa shape index (κ2) is 12.8. The number of alkyl halides is 3. The third-order valence-corrected chi connectivity index (χ3v) is 7.74. The Hall–Kier alpha value is -3.19. The zero-order valence-electron chi connectivity index (χ0n) is 20.9. The monoisotopic (exact) mass is 688 g/mol. The standard InChI is InChI=1S/C27H18BrCl2F3N2O5S/c1-39-22-7-4-16(27(31,32)33)10-20(22)34-24(36)12-35-25(37)23(41-26(35)38)9-14-2-6-21(18(28)8-14)40-13-15-3-5-17(29)11-19(15)30/h2-11H,12-13H2,1H3,(H,34,36)/b23-9-. The molecule has 0 saturated carbocycles. The van der Waals surface area contributed by atoms with Gasteiger partial charge in [0.05, 0.1) is 27.7 Å². The molecular weight excluding hydrogens is 672 g/mol. The van der Waals surface area contributed by atoms with E-state index in [9.17, 15) is 27.6 Å². The Morgan fingerprint density at radius 3 is 2.46 bits per heavy atom. The van der Waals surface area contributed by atoms with Crippen LogP contribution in [0.3, 0.4) is 0 Å². The number of anilines is 1. The summed E-state index contributed by atoms with van der Waals surface area (Å²) in [6.07, 6.45) is -3.17. The molecule has 0 bridgehead atoms. The van der Waals surface area contributed by atoms with E-state index in [1.165, 1.54) is 13.2 Å². The van der Waals surface area contributed by atoms with Gasteiger partial charge in [-0.2, -0.15) is 13.2 Å². The zero-order valence-corrected chi connectivity index (χ0v) is 24.8. The highest BCUT2D eigenvalue weighted by atomic mass is 79.9. The van der Waals surface area contributed by atoms with Crippen molar-refractivity contribution < 1.29 is 37.0 Å². The van der Waals surface area contributed by atoms with Gasteiger partial charge in [0, 0.05) is 15.6 Å². The van der Waals surface area contributed by atoms with Gasteiger partial charge in [-0.1, -0.05) is 35.3 Å². The first kappa shape index (κ1) is 30.8. The molecule has 0 radical (unpaired) electrons. The van der Waals surface area contributed by atoms with Crippen LogP contribution in [0, 0.1) is 0 Å². The predicted molar refractivity (Wildman–Crippen MR) is 154 cm³/mol. The lowest BCUT2D eigenvalue weighted by Crippen LogP contribution is -2.36. The second-order valence-corrected chi connectivity index (χ2v) is 11.1. The highest BCUT2D eigenvalue weighted by molar-refractivity contribution is 9.10. The maximum absolute atomic E-state index is 13.1. The van der Waals surface area contributed by atoms with Gasteiger partial charge >= 0.3 is 6.18 Å². The number of methoxy groups -OCH3 is 1. The minimum atomic E-state index is -4.65. The van der Waals surface area contributed by atoms with E-state index >= 15 is 0 Å². The van der Waals surface area contributed by atoms with Crippen LogP contribution in [-0.2, 0) is 22.4 Å². The van der Waals surface area contributed by atoms with Crippen LogP contribution in [0.4, 0.5) is 23.7 Å². The molecule has 1 aliphatic heterocycles. The quantitative estimate of drug-likeness (QED) is 0.241. The molecule has 1 saturated heterocycles. The number of imide groups is 1. The molecule has 41 heavy (non-hydrogen) atoms. The number of hydrogen-bond donors (Lipinski definition) is 1. The predicted octanol–water partition coefficient (Wildman–Crippen LogP) is 8.04. The fourth-order valence-electron chi connectivity index (χ4n) is 3.62. The van der Waals surface area contributed by atoms with Crippen LogP contribution in [0.15, 0.2) is 64.0 Å². The maximum Gasteiger partial charge on any atom is 0.416 e. The van der Waals surface area contributed by atoms with Crippen LogP contribution in [0.25, 0.3) is 6.08 Å². The zero-order chi connectivity index (χ0) is 29.9. The van der Waals surface area contributed by atoms with Crippen LogP contribution < -0.4 is 14.8 Å². The van der Waals surface area contributed by atoms with Gasteiger partial charge in [0.2, 0.25) is 5.91 Å². The minimum Gasteiger partial charge on any atom is -0.495 e. The molecule has 1 N–H and O–H groups in total. The molecule has 0 atom stereocenters. The van der Waals surface area contributed by atoms with Crippen LogP contribution in [0.2, 0.25) is 10.0 Å². The van der Waals surface area contributed by atoms with E-state index in [0.717, 1.165) is 17.7 Å². The number of halogens is 6. The fourth-order valence-corrected chi connectivity index (χ4v) is 5.43. The van der Waals surface area contributed by atoms with Gasteiger partial charge in [-0.05, 0) is 81.8 Å². The van der Waals surface area contributed by atoms with Crippen molar-refractivity contribution in [1.82, 2.24) is 4.90 Å². The number of carbonyl (C=O) groups is 3. The molecule has 1 aliphatic rings. The average Bonchev–Trinajstić information content (AvgIpc) is 3.15. The topological polar surface area (TPSA) is 84.9 Å². The van der Waals surface area contributed by atoms with Gasteiger partial charge < -0.3 is 14.8 Å². The molecule has 1 fully saturated rings. The summed E-state index contributed by atoms with van der Waals surface area (Å²) >= 11 is 16.1. The number of thioether (sulfide) groups is 1. The third-order valence-electron chi connectivity index (χ3n) is 5.63. The van der Waals surface area contributed by atoms with Crippen molar-refractivity contribution in [3.05, 3.63) is 90.7 Å². The molecule has 3 amide bonds. The van der Waals surface area contributed by atoms with E-state index in [4.69, 9.17) is 32.7 Å². The second-order valence-electron chi connectivity index (χ2n) is 8.44. The van der Waals surface area contributed by atoms with E-state index in [0.29, 0.717) is 48.6 Å². The van der Waals surface area contributed by atoms with Gasteiger partial charge in [0.1, 0.15) is 24.7 Å². The summed E-state index contributed by atoms with van der Waals surface area (Å²) in [6.45, 7) is -0.521. The Kier molecular flexibility index (Phi) is 9.58. The summed E-state index contributed by atoms with van der Waals surface area (Å²) in [7, 11) is 1.23. The normalized spacial score (nSPS) is 14.5. The highest BCUT2D eigenvalue weighted by Crippen LogP contribution is 2.36. The summed E-state index contributed by atoms with van der Waals surface area (Å²) in [5.41, 5.74) is 0.0491. The Labute approximate surface area is 254 Å². The number of amides is 3. The average molecular weight is 690 g/mol. The Morgan fingerprint density at radius 1 is 1.07 bits per heavy atom. The molecule has 4 rings (SSSR count). The molecule has 0 aromatic heterocycles. The Balaban J connectivity index is 1.42. The van der Waals surface area contributed by atoms with Crippen molar-refractivity contribution in [2.45, 2.75) is 12.8 Å². The molecule has 0 unspecified atom stereocenters. The number of carbonyl (C=O) groups excluding carboxylic acids is 3. The van der Waals surface area contributed by atoms with Crippen LogP contribution in [0.1, 0.15) is 16.7 Å². The van der Waals surface area contributed by atoms with Crippen molar-refractivity contribution in [3.63, 3.8) is 0 Å². The molecular formula is C27H18BrCl2F3N2O5S. The summed E-state index contributed by atoms with van der Waals surface area (Å²) in [6, 6.07) is 12.6. The summed E-state index contributed by atoms with van der Waals surface area (Å²) in [4.78, 5) is 38.7. The Morgan fingerprint density at radius 2 is 1.80 bits per heavy atom. The first-order valence-corrected chi connectivity index (χ1v) is 13.9. The smallest absolute Gasteiger partial charge is 0.416 e. The van der Waals surface area contributed by atoms with Gasteiger partial charge in [-0.25, -0.2) is 0 Å². The first-order valence-electron chi connectivity index (χ1n) is 11.5. The van der Waals surface area contributed by atoms with E-state index < -0.39 is 35.3 Å². The van der Waals surface area contributed by atoms with Crippen molar-refractivity contribution in [2.24, 2.45) is 0 Å². The first-order chi connectivity index (χ1) is 19.3. The lowest BCUT2D eigenvalue weighted by Gasteiger charge is -2.16. The van der Waals surface area contributed by atoms with E-state index in [2.05, 4.69) is 21.2 Å². The SMILES string of the molecule is COc1ccc(C(F)(F)F)cc1NC(=O)CN1C(=O)S/C(=C\c2ccc(OCc3ccc(Cl)cc3Cl)c(Br)c2)C1=O. The van der Waals surface area contributed by atoms with Crippen molar-refractivity contribution in [3.8, 4) is 11.5 Å². The minimum absolute atomic E-state index is 0.0188. The summed E-state index contributed by atoms with van der Waals surface area (Å²) < 4.78 is 50.7. The number of rotatable bonds is 8. The van der Waals surface area contributed by atoms with E-state index in [-0.39, 0.29) is 22.9 Å². The maximum atomic E-state index is 13.1. The van der Waals surface area contributed by atoms with Crippen LogP contribution in [-0.4, -0.2) is 35.6 Å². The number of hydrogen-bond acceptors (Lipinski definition) is 6. The number of nitrogens with one attached hydrogen (secondary N) is 1. The van der Waals surface area contributed by atoms with Crippen molar-refractivity contribution in [2.75, 3.05) is 19.0 Å². The summed E-state index contributed by atoms with van der Waals surface area (Å²) in [5, 5.41) is 2.54. The Bertz CT molecular complexity index is 1570. The van der Waals surface area contributed by atoms with Crippen LogP contribution >= 0.6 is 50.9 Å². The van der Waals surface area contributed by atoms with Gasteiger partial charge in [0.25, 0.3) is 11.1 Å². The fraction of sp³-hybridized carbons (Fsp3) is 0.148. The number of ether oxygens (including phenoxy) is 2. The van der Waals surface area contributed by atoms with Gasteiger partial charge in [-0.3, -0.25) is 19.3 Å². The lowest BCUT2D eigenvalue weighted by molar-refractivity contribution is -0.137. The molecule has 14 heteroatoms. The number of nitrogens with zero attached hydrogens (tertiary/aromatic N) is 1. The van der Waals surface area contributed by atoms with E-state index in [1.807, 2.05) is 0 Å². The van der Waals surface area contributed by atoms with Gasteiger partial charge in [-0.15, -0.1) is 0 Å². The molecule has 7 nitrogen and oxygen atoms in total. The number of benzene rings is 3. The molecule has 0 spiro atoms. The largest absolute Gasteiger partial charge is 0.495 e. The van der Waals surface area contributed by atoms with Crippen LogP contribution in [0.5, 0.6) is 11.5 Å². The molecule has 3 aromatic carbocycles. The highest BCUT2D eigenvalue weighted by Gasteiger charge is 2.37. The van der Waals surface area contributed by atoms with Crippen molar-refractivity contribution in [1.29, 1.82) is 0 Å². The van der Waals surface area contributed by atoms with E-state index in [1.54, 1.807) is 36.4 Å². The molecule has 0 aliphatic carbocycles. The lowest BCUT2D eigenvalue weighted by atomic mass is 10.1. The molecule has 3 aromatic rings.